The van der Waals surface area contributed by atoms with Gasteiger partial charge in [0.2, 0.25) is 17.2 Å². The van der Waals surface area contributed by atoms with Gasteiger partial charge >= 0.3 is 0 Å². The molecule has 9 rings (SSSR count). The Morgan fingerprint density at radius 3 is 1.00 bits per heavy atom. The molecule has 15 nitrogen and oxygen atoms in total. The summed E-state index contributed by atoms with van der Waals surface area (Å²) in [5.41, 5.74) is 12.1. The van der Waals surface area contributed by atoms with Gasteiger partial charge in [0, 0.05) is 56.4 Å². The van der Waals surface area contributed by atoms with Gasteiger partial charge in [0.25, 0.3) is 5.91 Å². The first-order valence-electron chi connectivity index (χ1n) is 23.6. The van der Waals surface area contributed by atoms with Gasteiger partial charge in [-0.1, -0.05) is 25.5 Å². The number of benzene rings is 4. The third-order valence-electron chi connectivity index (χ3n) is 12.9. The van der Waals surface area contributed by atoms with E-state index in [2.05, 4.69) is 22.2 Å². The van der Waals surface area contributed by atoms with Crippen LogP contribution in [0.2, 0.25) is 0 Å². The largest absolute Gasteiger partial charge is 0.493 e. The van der Waals surface area contributed by atoms with Crippen molar-refractivity contribution < 1.29 is 47.4 Å². The summed E-state index contributed by atoms with van der Waals surface area (Å²) in [4.78, 5) is 31.7. The lowest BCUT2D eigenvalue weighted by molar-refractivity contribution is 0.0953. The zero-order valence-electron chi connectivity index (χ0n) is 42.5. The summed E-state index contributed by atoms with van der Waals surface area (Å²) >= 11 is 0. The van der Waals surface area contributed by atoms with Gasteiger partial charge in [-0.25, -0.2) is 9.97 Å². The number of rotatable bonds is 17. The fourth-order valence-corrected chi connectivity index (χ4v) is 9.37. The van der Waals surface area contributed by atoms with Gasteiger partial charge in [-0.15, -0.1) is 0 Å². The molecule has 73 heavy (non-hydrogen) atoms. The Bertz CT molecular complexity index is 3340. The van der Waals surface area contributed by atoms with Crippen molar-refractivity contribution in [3.05, 3.63) is 113 Å². The number of methoxy groups -OCH3 is 9. The highest BCUT2D eigenvalue weighted by Crippen LogP contribution is 2.47. The molecule has 0 unspecified atom stereocenters. The van der Waals surface area contributed by atoms with Gasteiger partial charge in [0.15, 0.2) is 34.5 Å². The number of hydrogen-bond donors (Lipinski definition) is 3. The van der Waals surface area contributed by atoms with Crippen molar-refractivity contribution in [2.24, 2.45) is 0 Å². The van der Waals surface area contributed by atoms with Crippen molar-refractivity contribution >= 4 is 52.3 Å². The summed E-state index contributed by atoms with van der Waals surface area (Å²) in [6.07, 6.45) is 9.84. The average molecular weight is 984 g/mol. The smallest absolute Gasteiger partial charge is 0.251 e. The van der Waals surface area contributed by atoms with E-state index in [1.165, 1.54) is 0 Å². The van der Waals surface area contributed by atoms with Crippen LogP contribution in [0, 0.1) is 0 Å². The molecular weight excluding hydrogens is 927 g/mol. The molecular formula is C58H57N5O10. The number of carbonyl (C=O) groups is 1. The molecule has 0 radical (unpaired) electrons. The first kappa shape index (κ1) is 49.1. The lowest BCUT2D eigenvalue weighted by Gasteiger charge is -2.15. The van der Waals surface area contributed by atoms with E-state index >= 15 is 0 Å². The van der Waals surface area contributed by atoms with E-state index in [4.69, 9.17) is 52.6 Å². The second kappa shape index (κ2) is 21.2. The molecule has 2 aliphatic heterocycles. The number of ether oxygens (including phenoxy) is 9. The van der Waals surface area contributed by atoms with Crippen LogP contribution in [-0.4, -0.2) is 96.4 Å². The Morgan fingerprint density at radius 2 is 0.726 bits per heavy atom. The SMILES string of the molecule is CCCCNC(=O)c1ccc(-c2c3nc(c(-c4cc(OC)c(OC)c(OC)c4)c4ccc([nH]4)c(-c4cc(OC)c(OC)c(OC)c4)c4nc(c(-c5cc(OC)c(OC)c(OC)c5)c5ccc2[nH]5)C=C4)C=C3)cc1. The predicted octanol–water partition coefficient (Wildman–Crippen LogP) is 11.9. The molecule has 4 aromatic carbocycles. The highest BCUT2D eigenvalue weighted by Gasteiger charge is 2.24. The Balaban J connectivity index is 1.45. The minimum absolute atomic E-state index is 0.134. The Morgan fingerprint density at radius 1 is 0.425 bits per heavy atom. The van der Waals surface area contributed by atoms with Crippen LogP contribution in [0.25, 0.3) is 90.9 Å². The van der Waals surface area contributed by atoms with E-state index < -0.39 is 0 Å². The minimum atomic E-state index is -0.134. The maximum absolute atomic E-state index is 13.2. The van der Waals surface area contributed by atoms with Gasteiger partial charge in [-0.2, -0.15) is 0 Å². The fraction of sp³-hybridized carbons (Fsp3) is 0.224. The second-order valence-electron chi connectivity index (χ2n) is 16.9. The number of hydrogen-bond acceptors (Lipinski definition) is 12. The highest BCUT2D eigenvalue weighted by atomic mass is 16.5. The van der Waals surface area contributed by atoms with Gasteiger partial charge in [-0.3, -0.25) is 4.79 Å². The molecule has 5 heterocycles. The molecule has 2 aliphatic rings. The minimum Gasteiger partial charge on any atom is -0.493 e. The fourth-order valence-electron chi connectivity index (χ4n) is 9.37. The standard InChI is InChI=1S/C58H57N5O10/c1-11-12-25-59-58(64)33-15-13-32(14-16-33)51-37-17-19-39(60-37)52(34-26-45(65-2)55(71-8)46(27-34)66-3)41-21-23-43(62-41)54(36-30-49(69-6)57(73-10)50(31-36)70-7)44-24-22-42(63-44)53(40-20-18-38(51)61-40)35-28-47(67-4)56(72-9)48(29-35)68-5/h13-24,26-31,60,63H,11-12,25H2,1-10H3,(H,59,64). The Hall–Kier alpha value is -8.85. The van der Waals surface area contributed by atoms with Crippen LogP contribution in [0.15, 0.2) is 84.9 Å². The number of aromatic amines is 2. The third-order valence-corrected chi connectivity index (χ3v) is 12.9. The number of carbonyl (C=O) groups excluding carboxylic acids is 1. The van der Waals surface area contributed by atoms with E-state index in [0.717, 1.165) is 79.4 Å². The second-order valence-corrected chi connectivity index (χ2v) is 16.9. The molecule has 0 atom stereocenters. The van der Waals surface area contributed by atoms with E-state index in [-0.39, 0.29) is 5.91 Å². The molecule has 1 amide bonds. The monoisotopic (exact) mass is 983 g/mol. The predicted molar refractivity (Wildman–Crippen MR) is 287 cm³/mol. The molecule has 0 saturated heterocycles. The topological polar surface area (TPSA) is 170 Å². The van der Waals surface area contributed by atoms with Crippen molar-refractivity contribution in [1.29, 1.82) is 0 Å². The maximum atomic E-state index is 13.2. The number of nitrogens with zero attached hydrogens (tertiary/aromatic N) is 2. The lowest BCUT2D eigenvalue weighted by atomic mass is 10.0. The third kappa shape index (κ3) is 9.21. The quantitative estimate of drug-likeness (QED) is 0.0739. The molecule has 0 spiro atoms. The summed E-state index contributed by atoms with van der Waals surface area (Å²) < 4.78 is 52.7. The zero-order valence-corrected chi connectivity index (χ0v) is 42.5. The lowest BCUT2D eigenvalue weighted by Crippen LogP contribution is -2.24. The van der Waals surface area contributed by atoms with Crippen molar-refractivity contribution in [1.82, 2.24) is 25.3 Å². The van der Waals surface area contributed by atoms with Gasteiger partial charge in [-0.05, 0) is 126 Å². The summed E-state index contributed by atoms with van der Waals surface area (Å²) in [7, 11) is 14.3. The van der Waals surface area contributed by atoms with E-state index in [0.29, 0.717) is 86.6 Å². The summed E-state index contributed by atoms with van der Waals surface area (Å²) in [5, 5.41) is 3.03. The summed E-state index contributed by atoms with van der Waals surface area (Å²) in [5.74, 6) is 4.02. The molecule has 3 N–H and O–H groups in total. The average Bonchev–Trinajstić information content (AvgIpc) is 4.29. The van der Waals surface area contributed by atoms with Crippen LogP contribution in [0.3, 0.4) is 0 Å². The molecule has 3 aromatic heterocycles. The highest BCUT2D eigenvalue weighted by molar-refractivity contribution is 6.01. The molecule has 15 heteroatoms. The van der Waals surface area contributed by atoms with Crippen molar-refractivity contribution in [3.63, 3.8) is 0 Å². The van der Waals surface area contributed by atoms with Crippen LogP contribution in [0.1, 0.15) is 52.9 Å². The van der Waals surface area contributed by atoms with Gasteiger partial charge in [0.05, 0.1) is 86.8 Å². The Kier molecular flexibility index (Phi) is 14.3. The van der Waals surface area contributed by atoms with Crippen LogP contribution in [0.5, 0.6) is 51.7 Å². The summed E-state index contributed by atoms with van der Waals surface area (Å²) in [6.45, 7) is 2.69. The van der Waals surface area contributed by atoms with E-state index in [1.54, 1.807) is 64.0 Å². The number of fused-ring (bicyclic) bond motifs is 8. The number of aromatic nitrogens is 4. The van der Waals surface area contributed by atoms with Crippen molar-refractivity contribution in [3.8, 4) is 96.3 Å². The number of H-pyrrole nitrogens is 2. The van der Waals surface area contributed by atoms with E-state index in [9.17, 15) is 4.79 Å². The van der Waals surface area contributed by atoms with Gasteiger partial charge in [0.1, 0.15) is 0 Å². The van der Waals surface area contributed by atoms with Crippen LogP contribution in [0.4, 0.5) is 0 Å². The zero-order chi connectivity index (χ0) is 51.3. The van der Waals surface area contributed by atoms with Crippen LogP contribution in [-0.2, 0) is 0 Å². The molecule has 374 valence electrons. The molecule has 8 bridgehead atoms. The van der Waals surface area contributed by atoms with Crippen LogP contribution < -0.4 is 47.9 Å². The van der Waals surface area contributed by atoms with Crippen LogP contribution >= 0.6 is 0 Å². The molecule has 0 aliphatic carbocycles. The van der Waals surface area contributed by atoms with Crippen molar-refractivity contribution in [2.75, 3.05) is 70.5 Å². The van der Waals surface area contributed by atoms with Crippen molar-refractivity contribution in [2.45, 2.75) is 19.8 Å². The number of unbranched alkanes of at least 4 members (excludes halogenated alkanes) is 1. The number of nitrogens with one attached hydrogen (secondary N) is 3. The molecule has 0 fully saturated rings. The first-order chi connectivity index (χ1) is 35.6. The molecule has 0 saturated carbocycles. The van der Waals surface area contributed by atoms with E-state index in [1.807, 2.05) is 109 Å². The summed E-state index contributed by atoms with van der Waals surface area (Å²) in [6, 6.07) is 27.1. The molecule has 7 aromatic rings. The van der Waals surface area contributed by atoms with Gasteiger partial charge < -0.3 is 57.9 Å². The maximum Gasteiger partial charge on any atom is 0.251 e. The first-order valence-corrected chi connectivity index (χ1v) is 23.6. The number of amides is 1. The Labute approximate surface area is 423 Å². The normalized spacial score (nSPS) is 11.5.